The first-order chi connectivity index (χ1) is 6.16. The second-order valence-electron chi connectivity index (χ2n) is 2.53. The van der Waals surface area contributed by atoms with E-state index in [1.165, 1.54) is 0 Å². The minimum atomic E-state index is 0.241. The Morgan fingerprint density at radius 1 is 1.23 bits per heavy atom. The number of hydrogen-bond acceptors (Lipinski definition) is 3. The number of aromatic nitrogens is 2. The van der Waals surface area contributed by atoms with Gasteiger partial charge in [0.2, 0.25) is 0 Å². The van der Waals surface area contributed by atoms with Crippen LogP contribution in [0.1, 0.15) is 0 Å². The fourth-order valence-corrected chi connectivity index (χ4v) is 1.50. The summed E-state index contributed by atoms with van der Waals surface area (Å²) in [5.41, 5.74) is 6.98. The Kier molecular flexibility index (Phi) is 2.09. The Morgan fingerprint density at radius 3 is 2.77 bits per heavy atom. The highest BCUT2D eigenvalue weighted by Crippen LogP contribution is 2.21. The summed E-state index contributed by atoms with van der Waals surface area (Å²) in [4.78, 5) is 8.16. The lowest BCUT2D eigenvalue weighted by Crippen LogP contribution is -1.94. The first kappa shape index (κ1) is 8.72. The third kappa shape index (κ3) is 1.59. The van der Waals surface area contributed by atoms with Gasteiger partial charge in [-0.05, 0) is 18.2 Å². The SMILES string of the molecule is Nc1nc2ccc(Br)cc2nc1Cl. The van der Waals surface area contributed by atoms with Crippen LogP contribution < -0.4 is 5.73 Å². The van der Waals surface area contributed by atoms with Crippen molar-refractivity contribution >= 4 is 44.4 Å². The molecule has 2 aromatic rings. The fourth-order valence-electron chi connectivity index (χ4n) is 1.02. The number of hydrogen-bond donors (Lipinski definition) is 1. The summed E-state index contributed by atoms with van der Waals surface area (Å²) in [6.45, 7) is 0. The number of nitrogens with two attached hydrogens (primary N) is 1. The molecule has 0 fully saturated rings. The molecule has 0 aliphatic rings. The zero-order chi connectivity index (χ0) is 9.42. The van der Waals surface area contributed by atoms with Crippen molar-refractivity contribution < 1.29 is 0 Å². The molecule has 3 nitrogen and oxygen atoms in total. The summed E-state index contributed by atoms with van der Waals surface area (Å²) in [7, 11) is 0. The van der Waals surface area contributed by atoms with Crippen LogP contribution >= 0.6 is 27.5 Å². The minimum absolute atomic E-state index is 0.241. The van der Waals surface area contributed by atoms with E-state index < -0.39 is 0 Å². The topological polar surface area (TPSA) is 51.8 Å². The molecule has 0 bridgehead atoms. The maximum absolute atomic E-state index is 5.73. The summed E-state index contributed by atoms with van der Waals surface area (Å²) < 4.78 is 0.940. The highest BCUT2D eigenvalue weighted by Gasteiger charge is 2.02. The van der Waals surface area contributed by atoms with Crippen molar-refractivity contribution in [3.8, 4) is 0 Å². The first-order valence-electron chi connectivity index (χ1n) is 3.55. The third-order valence-corrected chi connectivity index (χ3v) is 2.38. The van der Waals surface area contributed by atoms with Crippen LogP contribution in [0.5, 0.6) is 0 Å². The van der Waals surface area contributed by atoms with E-state index >= 15 is 0 Å². The number of halogens is 2. The summed E-state index contributed by atoms with van der Waals surface area (Å²) >= 11 is 9.06. The molecule has 2 N–H and O–H groups in total. The molecule has 1 aromatic carbocycles. The molecule has 2 rings (SSSR count). The van der Waals surface area contributed by atoms with Crippen molar-refractivity contribution in [2.45, 2.75) is 0 Å². The maximum Gasteiger partial charge on any atom is 0.171 e. The van der Waals surface area contributed by atoms with Crippen molar-refractivity contribution in [2.24, 2.45) is 0 Å². The third-order valence-electron chi connectivity index (χ3n) is 1.61. The van der Waals surface area contributed by atoms with Gasteiger partial charge in [0.05, 0.1) is 11.0 Å². The molecule has 1 aromatic heterocycles. The quantitative estimate of drug-likeness (QED) is 0.790. The maximum atomic E-state index is 5.73. The zero-order valence-corrected chi connectivity index (χ0v) is 8.80. The van der Waals surface area contributed by atoms with E-state index in [0.29, 0.717) is 0 Å². The Morgan fingerprint density at radius 2 is 2.00 bits per heavy atom. The lowest BCUT2D eigenvalue weighted by Gasteiger charge is -2.00. The van der Waals surface area contributed by atoms with Gasteiger partial charge < -0.3 is 5.73 Å². The molecule has 0 atom stereocenters. The number of benzene rings is 1. The van der Waals surface area contributed by atoms with E-state index in [1.54, 1.807) is 0 Å². The summed E-state index contributed by atoms with van der Waals surface area (Å²) in [6, 6.07) is 5.55. The number of fused-ring (bicyclic) bond motifs is 1. The number of rotatable bonds is 0. The van der Waals surface area contributed by atoms with Gasteiger partial charge in [-0.2, -0.15) is 0 Å². The van der Waals surface area contributed by atoms with Crippen molar-refractivity contribution in [1.82, 2.24) is 9.97 Å². The van der Waals surface area contributed by atoms with Crippen molar-refractivity contribution in [2.75, 3.05) is 5.73 Å². The molecular formula is C8H5BrClN3. The molecule has 13 heavy (non-hydrogen) atoms. The molecular weight excluding hydrogens is 253 g/mol. The van der Waals surface area contributed by atoms with E-state index in [9.17, 15) is 0 Å². The van der Waals surface area contributed by atoms with E-state index in [0.717, 1.165) is 15.5 Å². The summed E-state index contributed by atoms with van der Waals surface area (Å²) in [6.07, 6.45) is 0. The molecule has 0 aliphatic heterocycles. The van der Waals surface area contributed by atoms with E-state index in [-0.39, 0.29) is 11.0 Å². The van der Waals surface area contributed by atoms with Gasteiger partial charge in [0.25, 0.3) is 0 Å². The predicted octanol–water partition coefficient (Wildman–Crippen LogP) is 2.63. The number of nitrogens with zero attached hydrogens (tertiary/aromatic N) is 2. The summed E-state index contributed by atoms with van der Waals surface area (Å²) in [5.74, 6) is 0.261. The van der Waals surface area contributed by atoms with Crippen molar-refractivity contribution in [3.63, 3.8) is 0 Å². The van der Waals surface area contributed by atoms with Crippen molar-refractivity contribution in [3.05, 3.63) is 27.8 Å². The molecule has 0 saturated carbocycles. The summed E-state index contributed by atoms with van der Waals surface area (Å²) in [5, 5.41) is 0.241. The highest BCUT2D eigenvalue weighted by atomic mass is 79.9. The Hall–Kier alpha value is -0.870. The van der Waals surface area contributed by atoms with Gasteiger partial charge in [-0.3, -0.25) is 0 Å². The molecule has 5 heteroatoms. The van der Waals surface area contributed by atoms with Crippen LogP contribution in [0, 0.1) is 0 Å². The van der Waals surface area contributed by atoms with Crippen LogP contribution in [-0.4, -0.2) is 9.97 Å². The Labute approximate surface area is 88.1 Å². The number of anilines is 1. The molecule has 0 aliphatic carbocycles. The average molecular weight is 259 g/mol. The van der Waals surface area contributed by atoms with Gasteiger partial charge in [-0.25, -0.2) is 9.97 Å². The highest BCUT2D eigenvalue weighted by molar-refractivity contribution is 9.10. The van der Waals surface area contributed by atoms with E-state index in [1.807, 2.05) is 18.2 Å². The van der Waals surface area contributed by atoms with Crippen LogP contribution in [0.3, 0.4) is 0 Å². The first-order valence-corrected chi connectivity index (χ1v) is 4.72. The molecule has 66 valence electrons. The molecule has 0 unspecified atom stereocenters. The largest absolute Gasteiger partial charge is 0.381 e. The van der Waals surface area contributed by atoms with E-state index in [4.69, 9.17) is 17.3 Å². The second-order valence-corrected chi connectivity index (χ2v) is 3.81. The molecule has 0 spiro atoms. The normalized spacial score (nSPS) is 10.6. The van der Waals surface area contributed by atoms with Crippen LogP contribution in [0.15, 0.2) is 22.7 Å². The lowest BCUT2D eigenvalue weighted by atomic mass is 10.3. The smallest absolute Gasteiger partial charge is 0.171 e. The zero-order valence-electron chi connectivity index (χ0n) is 6.46. The Balaban J connectivity index is 2.81. The molecule has 0 saturated heterocycles. The van der Waals surface area contributed by atoms with E-state index in [2.05, 4.69) is 25.9 Å². The average Bonchev–Trinajstić information content (AvgIpc) is 2.08. The van der Waals surface area contributed by atoms with Gasteiger partial charge in [0, 0.05) is 4.47 Å². The molecule has 1 heterocycles. The minimum Gasteiger partial charge on any atom is -0.381 e. The standard InChI is InChI=1S/C8H5BrClN3/c9-4-1-2-5-6(3-4)12-7(10)8(11)13-5/h1-3H,(H2,11,13). The van der Waals surface area contributed by atoms with Gasteiger partial charge in [-0.15, -0.1) is 0 Å². The molecule has 0 amide bonds. The van der Waals surface area contributed by atoms with Crippen LogP contribution in [0.25, 0.3) is 11.0 Å². The van der Waals surface area contributed by atoms with Gasteiger partial charge in [0.15, 0.2) is 11.0 Å². The van der Waals surface area contributed by atoms with Gasteiger partial charge in [-0.1, -0.05) is 27.5 Å². The van der Waals surface area contributed by atoms with Crippen LogP contribution in [0.2, 0.25) is 5.15 Å². The van der Waals surface area contributed by atoms with Gasteiger partial charge >= 0.3 is 0 Å². The second kappa shape index (κ2) is 3.12. The monoisotopic (exact) mass is 257 g/mol. The van der Waals surface area contributed by atoms with Crippen LogP contribution in [0.4, 0.5) is 5.82 Å². The predicted molar refractivity (Wildman–Crippen MR) is 56.7 cm³/mol. The van der Waals surface area contributed by atoms with Gasteiger partial charge in [0.1, 0.15) is 0 Å². The van der Waals surface area contributed by atoms with Crippen molar-refractivity contribution in [1.29, 1.82) is 0 Å². The fraction of sp³-hybridized carbons (Fsp3) is 0. The number of nitrogen functional groups attached to an aromatic ring is 1. The Bertz CT molecular complexity index is 472. The van der Waals surface area contributed by atoms with Crippen LogP contribution in [-0.2, 0) is 0 Å². The lowest BCUT2D eigenvalue weighted by molar-refractivity contribution is 1.30. The molecule has 0 radical (unpaired) electrons.